The third kappa shape index (κ3) is 5.60. The lowest BCUT2D eigenvalue weighted by molar-refractivity contribution is -0.133. The zero-order valence-electron chi connectivity index (χ0n) is 21.8. The third-order valence-corrected chi connectivity index (χ3v) is 7.58. The summed E-state index contributed by atoms with van der Waals surface area (Å²) < 4.78 is 8.31. The van der Waals surface area contributed by atoms with E-state index in [9.17, 15) is 9.59 Å². The maximum Gasteiger partial charge on any atom is 0.271 e. The normalized spacial score (nSPS) is 17.4. The Kier molecular flexibility index (Phi) is 7.17. The Morgan fingerprint density at radius 3 is 2.44 bits per heavy atom. The van der Waals surface area contributed by atoms with Gasteiger partial charge in [-0.25, -0.2) is 9.98 Å². The molecule has 1 atom stereocenters. The number of fused-ring (bicyclic) bond motifs is 2. The summed E-state index contributed by atoms with van der Waals surface area (Å²) in [6.07, 6.45) is 2.54. The number of carbonyl (C=O) groups is 2. The zero-order chi connectivity index (χ0) is 26.6. The summed E-state index contributed by atoms with van der Waals surface area (Å²) in [5.74, 6) is 1.99. The van der Waals surface area contributed by atoms with Gasteiger partial charge in [0.1, 0.15) is 24.2 Å². The number of carbonyl (C=O) groups excluding carboxylic acids is 2. The van der Waals surface area contributed by atoms with Crippen molar-refractivity contribution in [2.24, 2.45) is 15.9 Å². The van der Waals surface area contributed by atoms with Crippen molar-refractivity contribution in [1.82, 2.24) is 14.5 Å². The maximum absolute atomic E-state index is 13.0. The van der Waals surface area contributed by atoms with Gasteiger partial charge in [0.2, 0.25) is 5.91 Å². The van der Waals surface area contributed by atoms with Crippen LogP contribution in [0.5, 0.6) is 5.75 Å². The molecule has 1 aromatic heterocycles. The number of hydrogen-bond donors (Lipinski definition) is 0. The molecule has 1 saturated heterocycles. The number of piperidine rings is 1. The second-order valence-electron chi connectivity index (χ2n) is 10.2. The fourth-order valence-electron chi connectivity index (χ4n) is 5.42. The molecule has 3 heterocycles. The highest BCUT2D eigenvalue weighted by atomic mass is 16.5. The van der Waals surface area contributed by atoms with Crippen molar-refractivity contribution in [3.63, 3.8) is 0 Å². The summed E-state index contributed by atoms with van der Waals surface area (Å²) in [6.45, 7) is 2.67. The molecule has 198 valence electrons. The summed E-state index contributed by atoms with van der Waals surface area (Å²) in [6, 6.07) is 24.8. The first-order valence-electron chi connectivity index (χ1n) is 13.6. The van der Waals surface area contributed by atoms with E-state index < -0.39 is 6.04 Å². The van der Waals surface area contributed by atoms with Crippen LogP contribution in [-0.4, -0.2) is 45.4 Å². The summed E-state index contributed by atoms with van der Waals surface area (Å²) in [7, 11) is 0. The number of ether oxygens (including phenoxy) is 1. The molecule has 0 aliphatic carbocycles. The molecule has 2 aliphatic rings. The van der Waals surface area contributed by atoms with E-state index in [1.807, 2.05) is 71.6 Å². The molecule has 4 aromatic rings. The Balaban J connectivity index is 1.06. The predicted molar refractivity (Wildman–Crippen MR) is 147 cm³/mol. The fraction of sp³-hybridized carbons (Fsp3) is 0.323. The van der Waals surface area contributed by atoms with E-state index >= 15 is 0 Å². The number of aromatic nitrogens is 2. The van der Waals surface area contributed by atoms with Crippen LogP contribution in [0.3, 0.4) is 0 Å². The molecule has 0 spiro atoms. The lowest BCUT2D eigenvalue weighted by Gasteiger charge is -2.32. The van der Waals surface area contributed by atoms with Crippen LogP contribution in [0.2, 0.25) is 0 Å². The summed E-state index contributed by atoms with van der Waals surface area (Å²) in [5.41, 5.74) is 2.07. The van der Waals surface area contributed by atoms with Crippen LogP contribution in [0, 0.1) is 5.92 Å². The minimum absolute atomic E-state index is 0.0836. The molecule has 39 heavy (non-hydrogen) atoms. The van der Waals surface area contributed by atoms with Gasteiger partial charge in [-0.15, -0.1) is 0 Å². The smallest absolute Gasteiger partial charge is 0.271 e. The van der Waals surface area contributed by atoms with E-state index in [-0.39, 0.29) is 11.8 Å². The van der Waals surface area contributed by atoms with Crippen molar-refractivity contribution in [2.75, 3.05) is 13.1 Å². The average Bonchev–Trinajstić information content (AvgIpc) is 3.32. The van der Waals surface area contributed by atoms with E-state index in [1.54, 1.807) is 6.07 Å². The van der Waals surface area contributed by atoms with Crippen molar-refractivity contribution in [2.45, 2.75) is 44.9 Å². The molecule has 0 saturated carbocycles. The highest BCUT2D eigenvalue weighted by molar-refractivity contribution is 5.84. The van der Waals surface area contributed by atoms with Crippen LogP contribution in [0.15, 0.2) is 88.8 Å². The second kappa shape index (κ2) is 11.2. The number of para-hydroxylation sites is 5. The molecule has 1 fully saturated rings. The first-order chi connectivity index (χ1) is 19.1. The van der Waals surface area contributed by atoms with Gasteiger partial charge in [0.05, 0.1) is 21.7 Å². The number of rotatable bonds is 8. The molecular formula is C31H31N5O3. The highest BCUT2D eigenvalue weighted by Gasteiger charge is 2.26. The van der Waals surface area contributed by atoms with Crippen molar-refractivity contribution < 1.29 is 14.3 Å². The number of likely N-dealkylation sites (tertiary alicyclic amines) is 1. The number of amides is 2. The number of imidazole rings is 1. The largest absolute Gasteiger partial charge is 0.486 e. The summed E-state index contributed by atoms with van der Waals surface area (Å²) in [4.78, 5) is 40.8. The summed E-state index contributed by atoms with van der Waals surface area (Å²) in [5, 5.41) is 1.32. The van der Waals surface area contributed by atoms with Gasteiger partial charge in [-0.1, -0.05) is 42.5 Å². The van der Waals surface area contributed by atoms with Crippen molar-refractivity contribution in [1.29, 1.82) is 0 Å². The van der Waals surface area contributed by atoms with E-state index in [1.165, 1.54) is 0 Å². The third-order valence-electron chi connectivity index (χ3n) is 7.58. The predicted octanol–water partition coefficient (Wildman–Crippen LogP) is 3.48. The minimum atomic E-state index is -0.576. The van der Waals surface area contributed by atoms with Gasteiger partial charge in [-0.05, 0) is 61.6 Å². The van der Waals surface area contributed by atoms with Crippen LogP contribution < -0.4 is 15.5 Å². The molecule has 0 bridgehead atoms. The minimum Gasteiger partial charge on any atom is -0.486 e. The molecule has 8 nitrogen and oxygen atoms in total. The Bertz CT molecular complexity index is 1610. The molecule has 0 N–H and O–H groups in total. The summed E-state index contributed by atoms with van der Waals surface area (Å²) >= 11 is 0. The molecule has 6 rings (SSSR count). The standard InChI is InChI=1S/C31H31N5O3/c37-30(15-14-27-31(38)34-25-11-5-4-10-24(25)32-27)35-18-16-22(17-19-35)20-36-28-13-7-6-12-26(28)33-29(36)21-39-23-8-2-1-3-9-23/h1-13,22,27H,14-21H2. The molecule has 2 amide bonds. The van der Waals surface area contributed by atoms with Crippen molar-refractivity contribution in [3.8, 4) is 5.75 Å². The van der Waals surface area contributed by atoms with Gasteiger partial charge in [0, 0.05) is 26.1 Å². The lowest BCUT2D eigenvalue weighted by atomic mass is 9.96. The Morgan fingerprint density at radius 2 is 1.62 bits per heavy atom. The molecule has 0 radical (unpaired) electrons. The van der Waals surface area contributed by atoms with Gasteiger partial charge >= 0.3 is 0 Å². The SMILES string of the molecule is O=C1N=c2ccccc2=NC1CCC(=O)N1CCC(Cn2c(COc3ccccc3)nc3ccccc32)CC1. The van der Waals surface area contributed by atoms with Gasteiger partial charge in [0.25, 0.3) is 5.91 Å². The Hall–Kier alpha value is -4.33. The molecule has 1 unspecified atom stereocenters. The number of nitrogens with zero attached hydrogens (tertiary/aromatic N) is 5. The van der Waals surface area contributed by atoms with Gasteiger partial charge in [0.15, 0.2) is 0 Å². The fourth-order valence-corrected chi connectivity index (χ4v) is 5.42. The van der Waals surface area contributed by atoms with Crippen molar-refractivity contribution >= 4 is 22.8 Å². The maximum atomic E-state index is 13.0. The molecule has 2 aliphatic heterocycles. The van der Waals surface area contributed by atoms with Crippen LogP contribution in [0.4, 0.5) is 0 Å². The zero-order valence-corrected chi connectivity index (χ0v) is 21.8. The first-order valence-corrected chi connectivity index (χ1v) is 13.6. The van der Waals surface area contributed by atoms with E-state index in [0.29, 0.717) is 30.7 Å². The molecule has 3 aromatic carbocycles. The van der Waals surface area contributed by atoms with Gasteiger partial charge in [-0.3, -0.25) is 14.6 Å². The van der Waals surface area contributed by atoms with Crippen LogP contribution >= 0.6 is 0 Å². The van der Waals surface area contributed by atoms with Gasteiger partial charge < -0.3 is 14.2 Å². The first kappa shape index (κ1) is 25.0. The molecule has 8 heteroatoms. The average molecular weight is 522 g/mol. The van der Waals surface area contributed by atoms with Gasteiger partial charge in [-0.2, -0.15) is 0 Å². The van der Waals surface area contributed by atoms with Crippen LogP contribution in [0.1, 0.15) is 31.5 Å². The lowest BCUT2D eigenvalue weighted by Crippen LogP contribution is -2.40. The van der Waals surface area contributed by atoms with E-state index in [4.69, 9.17) is 9.72 Å². The van der Waals surface area contributed by atoms with Crippen molar-refractivity contribution in [3.05, 3.63) is 95.4 Å². The second-order valence-corrected chi connectivity index (χ2v) is 10.2. The Morgan fingerprint density at radius 1 is 0.897 bits per heavy atom. The number of hydrogen-bond acceptors (Lipinski definition) is 5. The van der Waals surface area contributed by atoms with Crippen LogP contribution in [0.25, 0.3) is 11.0 Å². The Labute approximate surface area is 226 Å². The molecular weight excluding hydrogens is 490 g/mol. The quantitative estimate of drug-likeness (QED) is 0.355. The van der Waals surface area contributed by atoms with E-state index in [2.05, 4.69) is 20.6 Å². The number of benzene rings is 3. The van der Waals surface area contributed by atoms with Crippen LogP contribution in [-0.2, 0) is 22.7 Å². The highest BCUT2D eigenvalue weighted by Crippen LogP contribution is 2.25. The van der Waals surface area contributed by atoms with E-state index in [0.717, 1.165) is 60.4 Å². The topological polar surface area (TPSA) is 89.2 Å². The monoisotopic (exact) mass is 521 g/mol.